The van der Waals surface area contributed by atoms with E-state index >= 15 is 0 Å². The topological polar surface area (TPSA) is 94.0 Å². The molecule has 1 amide bonds. The van der Waals surface area contributed by atoms with E-state index in [0.717, 1.165) is 0 Å². The molecular formula is C13H11F3N4O. The summed E-state index contributed by atoms with van der Waals surface area (Å²) >= 11 is 0. The van der Waals surface area contributed by atoms with E-state index in [2.05, 4.69) is 10.3 Å². The Morgan fingerprint density at radius 1 is 1.14 bits per heavy atom. The Morgan fingerprint density at radius 3 is 2.29 bits per heavy atom. The van der Waals surface area contributed by atoms with Crippen LogP contribution in [-0.4, -0.2) is 10.9 Å². The molecule has 110 valence electrons. The molecule has 0 radical (unpaired) electrons. The summed E-state index contributed by atoms with van der Waals surface area (Å²) in [5.41, 5.74) is 9.60. The van der Waals surface area contributed by atoms with Gasteiger partial charge in [0, 0.05) is 5.56 Å². The quantitative estimate of drug-likeness (QED) is 0.793. The average molecular weight is 296 g/mol. The highest BCUT2D eigenvalue weighted by Gasteiger charge is 2.34. The molecule has 1 heterocycles. The van der Waals surface area contributed by atoms with Gasteiger partial charge in [0.25, 0.3) is 5.91 Å². The summed E-state index contributed by atoms with van der Waals surface area (Å²) in [5.74, 6) is -1.04. The van der Waals surface area contributed by atoms with Crippen molar-refractivity contribution in [2.75, 3.05) is 16.8 Å². The summed E-state index contributed by atoms with van der Waals surface area (Å²) in [4.78, 5) is 15.1. The number of aromatic nitrogens is 1. The minimum atomic E-state index is -4.66. The molecule has 1 aromatic carbocycles. The fraction of sp³-hybridized carbons (Fsp3) is 0.0769. The van der Waals surface area contributed by atoms with E-state index in [1.165, 1.54) is 0 Å². The molecule has 0 aliphatic carbocycles. The number of anilines is 3. The monoisotopic (exact) mass is 296 g/mol. The zero-order chi connectivity index (χ0) is 15.6. The second-order valence-corrected chi connectivity index (χ2v) is 4.17. The smallest absolute Gasteiger partial charge is 0.397 e. The molecule has 0 saturated carbocycles. The number of rotatable bonds is 2. The van der Waals surface area contributed by atoms with E-state index in [1.54, 1.807) is 30.3 Å². The molecule has 21 heavy (non-hydrogen) atoms. The van der Waals surface area contributed by atoms with Crippen LogP contribution in [0, 0.1) is 0 Å². The van der Waals surface area contributed by atoms with Gasteiger partial charge in [0.05, 0.1) is 5.69 Å². The fourth-order valence-corrected chi connectivity index (χ4v) is 1.64. The first-order valence-corrected chi connectivity index (χ1v) is 5.78. The van der Waals surface area contributed by atoms with Crippen LogP contribution in [0.2, 0.25) is 0 Å². The highest BCUT2D eigenvalue weighted by Crippen LogP contribution is 2.34. The Bertz CT molecular complexity index is 648. The predicted octanol–water partition coefficient (Wildman–Crippen LogP) is 2.52. The van der Waals surface area contributed by atoms with Crippen molar-refractivity contribution < 1.29 is 18.0 Å². The highest BCUT2D eigenvalue weighted by molar-refractivity contribution is 6.07. The van der Waals surface area contributed by atoms with E-state index in [1.807, 2.05) is 0 Å². The maximum Gasteiger partial charge on any atom is 0.433 e. The van der Waals surface area contributed by atoms with Crippen LogP contribution in [0.4, 0.5) is 30.4 Å². The molecule has 2 aromatic rings. The van der Waals surface area contributed by atoms with Crippen molar-refractivity contribution in [3.05, 3.63) is 47.7 Å². The summed E-state index contributed by atoms with van der Waals surface area (Å²) in [5, 5.41) is 2.35. The van der Waals surface area contributed by atoms with E-state index in [0.29, 0.717) is 11.6 Å². The molecule has 8 heteroatoms. The van der Waals surface area contributed by atoms with Crippen LogP contribution in [0.5, 0.6) is 0 Å². The van der Waals surface area contributed by atoms with Gasteiger partial charge >= 0.3 is 6.18 Å². The van der Waals surface area contributed by atoms with Crippen LogP contribution in [0.25, 0.3) is 0 Å². The van der Waals surface area contributed by atoms with Gasteiger partial charge in [-0.1, -0.05) is 18.2 Å². The standard InChI is InChI=1S/C13H11F3N4O/c14-13(15,16)9-6-8(17)10(11(18)19-9)20-12(21)7-4-2-1-3-5-7/h1-6H,(H,20,21)(H4,17,18,19). The van der Waals surface area contributed by atoms with E-state index in [9.17, 15) is 18.0 Å². The van der Waals surface area contributed by atoms with E-state index < -0.39 is 23.6 Å². The molecular weight excluding hydrogens is 285 g/mol. The van der Waals surface area contributed by atoms with Crippen molar-refractivity contribution >= 4 is 23.1 Å². The van der Waals surface area contributed by atoms with Gasteiger partial charge in [0.2, 0.25) is 0 Å². The van der Waals surface area contributed by atoms with E-state index in [4.69, 9.17) is 11.5 Å². The minimum absolute atomic E-state index is 0.142. The van der Waals surface area contributed by atoms with Gasteiger partial charge in [-0.25, -0.2) is 4.98 Å². The Morgan fingerprint density at radius 2 is 1.76 bits per heavy atom. The second-order valence-electron chi connectivity index (χ2n) is 4.17. The molecule has 5 nitrogen and oxygen atoms in total. The number of nitrogens with two attached hydrogens (primary N) is 2. The Kier molecular flexibility index (Phi) is 3.70. The molecule has 0 atom stereocenters. The zero-order valence-corrected chi connectivity index (χ0v) is 10.6. The number of nitrogens with one attached hydrogen (secondary N) is 1. The first-order chi connectivity index (χ1) is 9.79. The summed E-state index contributed by atoms with van der Waals surface area (Å²) in [6.07, 6.45) is -4.66. The van der Waals surface area contributed by atoms with Crippen molar-refractivity contribution in [1.29, 1.82) is 0 Å². The van der Waals surface area contributed by atoms with Crippen LogP contribution < -0.4 is 16.8 Å². The van der Waals surface area contributed by atoms with Crippen LogP contribution in [0.1, 0.15) is 16.1 Å². The summed E-state index contributed by atoms with van der Waals surface area (Å²) in [7, 11) is 0. The number of hydrogen-bond acceptors (Lipinski definition) is 4. The third-order valence-electron chi connectivity index (χ3n) is 2.64. The van der Waals surface area contributed by atoms with Gasteiger partial charge < -0.3 is 16.8 Å². The molecule has 0 fully saturated rings. The maximum atomic E-state index is 12.5. The van der Waals surface area contributed by atoms with Crippen molar-refractivity contribution in [3.63, 3.8) is 0 Å². The summed E-state index contributed by atoms with van der Waals surface area (Å²) in [6, 6.07) is 8.72. The SMILES string of the molecule is Nc1cc(C(F)(F)F)nc(N)c1NC(=O)c1ccccc1. The third-order valence-corrected chi connectivity index (χ3v) is 2.64. The number of carbonyl (C=O) groups excluding carboxylic acids is 1. The lowest BCUT2D eigenvalue weighted by Crippen LogP contribution is -2.17. The highest BCUT2D eigenvalue weighted by atomic mass is 19.4. The van der Waals surface area contributed by atoms with Crippen molar-refractivity contribution in [2.24, 2.45) is 0 Å². The largest absolute Gasteiger partial charge is 0.433 e. The second kappa shape index (κ2) is 5.31. The van der Waals surface area contributed by atoms with Crippen molar-refractivity contribution in [3.8, 4) is 0 Å². The molecule has 0 aliphatic heterocycles. The Hall–Kier alpha value is -2.77. The Labute approximate surface area is 117 Å². The number of carbonyl (C=O) groups is 1. The van der Waals surface area contributed by atoms with E-state index in [-0.39, 0.29) is 11.4 Å². The first-order valence-electron chi connectivity index (χ1n) is 5.78. The van der Waals surface area contributed by atoms with Crippen LogP contribution in [0.3, 0.4) is 0 Å². The number of alkyl halides is 3. The minimum Gasteiger partial charge on any atom is -0.397 e. The first kappa shape index (κ1) is 14.6. The van der Waals surface area contributed by atoms with Gasteiger partial charge in [-0.15, -0.1) is 0 Å². The number of nitrogens with zero attached hydrogens (tertiary/aromatic N) is 1. The molecule has 0 saturated heterocycles. The molecule has 0 aliphatic rings. The van der Waals surface area contributed by atoms with Crippen molar-refractivity contribution in [2.45, 2.75) is 6.18 Å². The zero-order valence-electron chi connectivity index (χ0n) is 10.6. The summed E-state index contributed by atoms with van der Waals surface area (Å²) < 4.78 is 37.6. The number of pyridine rings is 1. The number of halogens is 3. The molecule has 0 bridgehead atoms. The number of hydrogen-bond donors (Lipinski definition) is 3. The molecule has 0 unspecified atom stereocenters. The van der Waals surface area contributed by atoms with Crippen LogP contribution >= 0.6 is 0 Å². The average Bonchev–Trinajstić information content (AvgIpc) is 2.42. The van der Waals surface area contributed by atoms with Crippen LogP contribution in [0.15, 0.2) is 36.4 Å². The third kappa shape index (κ3) is 3.22. The van der Waals surface area contributed by atoms with Gasteiger partial charge in [-0.2, -0.15) is 13.2 Å². The molecule has 5 N–H and O–H groups in total. The normalized spacial score (nSPS) is 11.2. The molecule has 0 spiro atoms. The maximum absolute atomic E-state index is 12.5. The lowest BCUT2D eigenvalue weighted by atomic mass is 10.2. The fourth-order valence-electron chi connectivity index (χ4n) is 1.64. The van der Waals surface area contributed by atoms with Crippen LogP contribution in [-0.2, 0) is 6.18 Å². The predicted molar refractivity (Wildman–Crippen MR) is 72.5 cm³/mol. The summed E-state index contributed by atoms with van der Waals surface area (Å²) in [6.45, 7) is 0. The number of nitrogen functional groups attached to an aromatic ring is 2. The molecule has 2 rings (SSSR count). The van der Waals surface area contributed by atoms with Gasteiger partial charge in [-0.3, -0.25) is 4.79 Å². The van der Waals surface area contributed by atoms with Gasteiger partial charge in [0.15, 0.2) is 0 Å². The lowest BCUT2D eigenvalue weighted by Gasteiger charge is -2.13. The number of benzene rings is 1. The molecule has 1 aromatic heterocycles. The number of amides is 1. The van der Waals surface area contributed by atoms with Crippen molar-refractivity contribution in [1.82, 2.24) is 4.98 Å². The Balaban J connectivity index is 2.32. The lowest BCUT2D eigenvalue weighted by molar-refractivity contribution is -0.141. The van der Waals surface area contributed by atoms with Gasteiger partial charge in [-0.05, 0) is 18.2 Å². The van der Waals surface area contributed by atoms with Gasteiger partial charge in [0.1, 0.15) is 17.2 Å².